The van der Waals surface area contributed by atoms with E-state index in [9.17, 15) is 4.79 Å². The number of amides is 1. The van der Waals surface area contributed by atoms with Crippen molar-refractivity contribution in [2.45, 2.75) is 27.2 Å². The Morgan fingerprint density at radius 2 is 1.87 bits per heavy atom. The first-order valence-corrected chi connectivity index (χ1v) is 10.0. The van der Waals surface area contributed by atoms with Gasteiger partial charge in [0, 0.05) is 29.8 Å². The van der Waals surface area contributed by atoms with Crippen molar-refractivity contribution in [2.75, 3.05) is 27.9 Å². The monoisotopic (exact) mass is 425 g/mol. The minimum Gasteiger partial charge on any atom is -0.493 e. The van der Waals surface area contributed by atoms with Crippen LogP contribution in [0.25, 0.3) is 5.70 Å². The summed E-state index contributed by atoms with van der Waals surface area (Å²) >= 11 is 0. The zero-order chi connectivity index (χ0) is 23.0. The van der Waals surface area contributed by atoms with Crippen molar-refractivity contribution in [1.29, 1.82) is 0 Å². The van der Waals surface area contributed by atoms with Gasteiger partial charge in [0.1, 0.15) is 0 Å². The fourth-order valence-corrected chi connectivity index (χ4v) is 3.24. The average Bonchev–Trinajstić information content (AvgIpc) is 2.78. The van der Waals surface area contributed by atoms with Crippen LogP contribution in [0.1, 0.15) is 32.8 Å². The van der Waals surface area contributed by atoms with E-state index in [1.807, 2.05) is 45.1 Å². The molecule has 0 unspecified atom stereocenters. The SMILES string of the molecule is C=C(N=C(/C=C\C)/C(=C/C)NC1=C(C)C(=O)NCC1)c1ccc(OC)c(OC)c1OC. The molecule has 2 rings (SSSR count). The van der Waals surface area contributed by atoms with E-state index in [0.717, 1.165) is 17.8 Å². The molecule has 7 heteroatoms. The van der Waals surface area contributed by atoms with Gasteiger partial charge in [0.15, 0.2) is 11.5 Å². The summed E-state index contributed by atoms with van der Waals surface area (Å²) in [5.41, 5.74) is 4.19. The molecule has 7 nitrogen and oxygen atoms in total. The minimum absolute atomic E-state index is 0.0619. The van der Waals surface area contributed by atoms with Crippen molar-refractivity contribution in [3.63, 3.8) is 0 Å². The second-order valence-electron chi connectivity index (χ2n) is 6.76. The normalized spacial score (nSPS) is 15.1. The Morgan fingerprint density at radius 3 is 2.45 bits per heavy atom. The Labute approximate surface area is 184 Å². The molecule has 0 aliphatic carbocycles. The van der Waals surface area contributed by atoms with E-state index in [4.69, 9.17) is 19.2 Å². The third-order valence-electron chi connectivity index (χ3n) is 4.90. The number of benzene rings is 1. The van der Waals surface area contributed by atoms with Crippen molar-refractivity contribution < 1.29 is 19.0 Å². The molecule has 0 aromatic heterocycles. The molecule has 0 spiro atoms. The predicted octanol–water partition coefficient (Wildman–Crippen LogP) is 3.99. The van der Waals surface area contributed by atoms with Crippen molar-refractivity contribution in [3.8, 4) is 17.2 Å². The Hall–Kier alpha value is -3.48. The molecular weight excluding hydrogens is 394 g/mol. The molecule has 1 aromatic carbocycles. The van der Waals surface area contributed by atoms with Crippen molar-refractivity contribution in [1.82, 2.24) is 10.6 Å². The number of carbonyl (C=O) groups is 1. The lowest BCUT2D eigenvalue weighted by Crippen LogP contribution is -2.35. The highest BCUT2D eigenvalue weighted by Gasteiger charge is 2.20. The molecule has 1 heterocycles. The molecule has 0 radical (unpaired) electrons. The van der Waals surface area contributed by atoms with Gasteiger partial charge in [-0.25, -0.2) is 4.99 Å². The van der Waals surface area contributed by atoms with Gasteiger partial charge in [-0.1, -0.05) is 18.7 Å². The van der Waals surface area contributed by atoms with Gasteiger partial charge in [0.05, 0.1) is 38.4 Å². The molecule has 0 saturated heterocycles. The number of aliphatic imine (C=N–C) groups is 1. The number of allylic oxidation sites excluding steroid dienone is 3. The summed E-state index contributed by atoms with van der Waals surface area (Å²) in [6.45, 7) is 10.4. The third kappa shape index (κ3) is 5.36. The maximum Gasteiger partial charge on any atom is 0.248 e. The van der Waals surface area contributed by atoms with E-state index in [1.165, 1.54) is 0 Å². The topological polar surface area (TPSA) is 81.2 Å². The first kappa shape index (κ1) is 23.8. The molecule has 31 heavy (non-hydrogen) atoms. The van der Waals surface area contributed by atoms with Gasteiger partial charge >= 0.3 is 0 Å². The standard InChI is InChI=1S/C24H31N3O4/c1-8-10-20(18(9-2)27-19-13-14-25-24(28)15(19)3)26-16(4)17-11-12-21(29-5)23(31-7)22(17)30-6/h8-12,27H,4,13-14H2,1-3,5-7H3,(H,25,28)/b10-8-,18-9-,26-20?. The van der Waals surface area contributed by atoms with Crippen LogP contribution in [-0.4, -0.2) is 39.5 Å². The lowest BCUT2D eigenvalue weighted by Gasteiger charge is -2.21. The second-order valence-corrected chi connectivity index (χ2v) is 6.76. The van der Waals surface area contributed by atoms with Gasteiger partial charge in [-0.2, -0.15) is 0 Å². The number of methoxy groups -OCH3 is 3. The molecule has 1 aromatic rings. The van der Waals surface area contributed by atoms with E-state index in [2.05, 4.69) is 17.2 Å². The summed E-state index contributed by atoms with van der Waals surface area (Å²) in [4.78, 5) is 16.8. The molecule has 1 amide bonds. The first-order chi connectivity index (χ1) is 14.9. The van der Waals surface area contributed by atoms with Gasteiger partial charge in [0.25, 0.3) is 0 Å². The molecule has 0 bridgehead atoms. The number of rotatable bonds is 9. The van der Waals surface area contributed by atoms with Crippen molar-refractivity contribution in [3.05, 3.63) is 59.5 Å². The Kier molecular flexibility index (Phi) is 8.49. The lowest BCUT2D eigenvalue weighted by molar-refractivity contribution is -0.117. The van der Waals surface area contributed by atoms with Gasteiger partial charge in [-0.05, 0) is 39.0 Å². The Bertz CT molecular complexity index is 971. The first-order valence-electron chi connectivity index (χ1n) is 10.0. The largest absolute Gasteiger partial charge is 0.493 e. The Balaban J connectivity index is 2.47. The van der Waals surface area contributed by atoms with Crippen LogP contribution in [0.4, 0.5) is 0 Å². The quantitative estimate of drug-likeness (QED) is 0.585. The molecule has 166 valence electrons. The van der Waals surface area contributed by atoms with Crippen LogP contribution >= 0.6 is 0 Å². The summed E-state index contributed by atoms with van der Waals surface area (Å²) in [6.07, 6.45) is 6.44. The highest BCUT2D eigenvalue weighted by molar-refractivity contribution is 6.10. The van der Waals surface area contributed by atoms with E-state index >= 15 is 0 Å². The van der Waals surface area contributed by atoms with Gasteiger partial charge in [-0.3, -0.25) is 4.79 Å². The van der Waals surface area contributed by atoms with Crippen LogP contribution in [0.3, 0.4) is 0 Å². The summed E-state index contributed by atoms with van der Waals surface area (Å²) in [5.74, 6) is 1.47. The summed E-state index contributed by atoms with van der Waals surface area (Å²) in [5, 5.41) is 6.22. The van der Waals surface area contributed by atoms with E-state index in [-0.39, 0.29) is 5.91 Å². The number of ether oxygens (including phenoxy) is 3. The van der Waals surface area contributed by atoms with Crippen LogP contribution in [0, 0.1) is 0 Å². The summed E-state index contributed by atoms with van der Waals surface area (Å²) < 4.78 is 16.4. The third-order valence-corrected chi connectivity index (χ3v) is 4.90. The Morgan fingerprint density at radius 1 is 1.16 bits per heavy atom. The fourth-order valence-electron chi connectivity index (χ4n) is 3.24. The molecule has 0 atom stereocenters. The lowest BCUT2D eigenvalue weighted by atomic mass is 10.1. The highest BCUT2D eigenvalue weighted by atomic mass is 16.5. The fraction of sp³-hybridized carbons (Fsp3) is 0.333. The van der Waals surface area contributed by atoms with Crippen LogP contribution < -0.4 is 24.8 Å². The number of hydrogen-bond donors (Lipinski definition) is 2. The molecule has 0 fully saturated rings. The van der Waals surface area contributed by atoms with Gasteiger partial charge in [-0.15, -0.1) is 0 Å². The van der Waals surface area contributed by atoms with Crippen molar-refractivity contribution >= 4 is 17.3 Å². The minimum atomic E-state index is -0.0619. The van der Waals surface area contributed by atoms with Crippen LogP contribution in [-0.2, 0) is 4.79 Å². The molecule has 0 saturated carbocycles. The molecular formula is C24H31N3O4. The number of nitrogens with zero attached hydrogens (tertiary/aromatic N) is 1. The van der Waals surface area contributed by atoms with Crippen LogP contribution in [0.2, 0.25) is 0 Å². The smallest absolute Gasteiger partial charge is 0.248 e. The number of nitrogens with one attached hydrogen (secondary N) is 2. The highest BCUT2D eigenvalue weighted by Crippen LogP contribution is 2.42. The van der Waals surface area contributed by atoms with Crippen molar-refractivity contribution in [2.24, 2.45) is 4.99 Å². The zero-order valence-corrected chi connectivity index (χ0v) is 19.1. The van der Waals surface area contributed by atoms with Gasteiger partial charge < -0.3 is 24.8 Å². The van der Waals surface area contributed by atoms with E-state index < -0.39 is 0 Å². The molecule has 1 aliphatic rings. The second kappa shape index (κ2) is 11.1. The molecule has 2 N–H and O–H groups in total. The van der Waals surface area contributed by atoms with Crippen LogP contribution in [0.5, 0.6) is 17.2 Å². The van der Waals surface area contributed by atoms with Crippen LogP contribution in [0.15, 0.2) is 58.9 Å². The average molecular weight is 426 g/mol. The summed E-state index contributed by atoms with van der Waals surface area (Å²) in [6, 6.07) is 3.62. The maximum absolute atomic E-state index is 12.0. The zero-order valence-electron chi connectivity index (χ0n) is 19.1. The molecule has 1 aliphatic heterocycles. The number of hydrogen-bond acceptors (Lipinski definition) is 6. The van der Waals surface area contributed by atoms with E-state index in [1.54, 1.807) is 27.4 Å². The number of carbonyl (C=O) groups excluding carboxylic acids is 1. The van der Waals surface area contributed by atoms with Gasteiger partial charge in [0.2, 0.25) is 11.7 Å². The maximum atomic E-state index is 12.0. The summed E-state index contributed by atoms with van der Waals surface area (Å²) in [7, 11) is 4.69. The predicted molar refractivity (Wildman–Crippen MR) is 125 cm³/mol. The van der Waals surface area contributed by atoms with E-state index in [0.29, 0.717) is 46.3 Å².